The van der Waals surface area contributed by atoms with Crippen molar-refractivity contribution >= 4 is 23.5 Å². The Labute approximate surface area is 183 Å². The fraction of sp³-hybridized carbons (Fsp3) is 0.280. The Morgan fingerprint density at radius 2 is 1.94 bits per heavy atom. The highest BCUT2D eigenvalue weighted by atomic mass is 16.3. The number of aliphatic hydroxyl groups is 1. The van der Waals surface area contributed by atoms with Gasteiger partial charge >= 0.3 is 0 Å². The van der Waals surface area contributed by atoms with Crippen LogP contribution in [-0.4, -0.2) is 36.4 Å². The van der Waals surface area contributed by atoms with E-state index in [1.165, 1.54) is 6.08 Å². The molecule has 3 rings (SSSR count). The van der Waals surface area contributed by atoms with Gasteiger partial charge in [-0.2, -0.15) is 0 Å². The molecule has 0 spiro atoms. The molecule has 1 amide bonds. The second-order valence-corrected chi connectivity index (χ2v) is 7.45. The van der Waals surface area contributed by atoms with E-state index in [0.29, 0.717) is 25.1 Å². The van der Waals surface area contributed by atoms with Crippen molar-refractivity contribution in [1.29, 1.82) is 0 Å². The average Bonchev–Trinajstić information content (AvgIpc) is 2.79. The van der Waals surface area contributed by atoms with Gasteiger partial charge in [0.05, 0.1) is 0 Å². The number of aliphatic hydroxyl groups excluding tert-OH is 1. The van der Waals surface area contributed by atoms with Crippen LogP contribution in [0.15, 0.2) is 77.8 Å². The van der Waals surface area contributed by atoms with Crippen LogP contribution < -0.4 is 16.0 Å². The Morgan fingerprint density at radius 3 is 2.77 bits per heavy atom. The minimum Gasteiger partial charge on any atom is -0.504 e. The van der Waals surface area contributed by atoms with Gasteiger partial charge in [0.25, 0.3) is 0 Å². The SMILES string of the molecule is NCCNC(=O)CCCCCN1C(=CC=C2C=CC=C(O)C2=O)C=Cc2ccccc21. The third kappa shape index (κ3) is 6.06. The number of nitrogens with zero attached hydrogens (tertiary/aromatic N) is 1. The summed E-state index contributed by atoms with van der Waals surface area (Å²) in [7, 11) is 0. The molecule has 0 atom stereocenters. The van der Waals surface area contributed by atoms with Crippen LogP contribution in [0.3, 0.4) is 0 Å². The van der Waals surface area contributed by atoms with Crippen LogP contribution in [0.2, 0.25) is 0 Å². The number of anilines is 1. The Balaban J connectivity index is 1.66. The van der Waals surface area contributed by atoms with Gasteiger partial charge in [0.15, 0.2) is 5.76 Å². The zero-order valence-electron chi connectivity index (χ0n) is 17.6. The highest BCUT2D eigenvalue weighted by Gasteiger charge is 2.18. The molecule has 0 unspecified atom stereocenters. The van der Waals surface area contributed by atoms with Gasteiger partial charge in [-0.1, -0.05) is 42.8 Å². The van der Waals surface area contributed by atoms with Gasteiger partial charge in [-0.25, -0.2) is 0 Å². The zero-order valence-corrected chi connectivity index (χ0v) is 17.6. The van der Waals surface area contributed by atoms with Gasteiger partial charge in [-0.15, -0.1) is 0 Å². The molecular weight excluding hydrogens is 390 g/mol. The first-order valence-electron chi connectivity index (χ1n) is 10.7. The van der Waals surface area contributed by atoms with Crippen molar-refractivity contribution in [3.63, 3.8) is 0 Å². The number of ketones is 1. The fourth-order valence-electron chi connectivity index (χ4n) is 3.55. The van der Waals surface area contributed by atoms with E-state index in [0.717, 1.165) is 42.8 Å². The summed E-state index contributed by atoms with van der Waals surface area (Å²) >= 11 is 0. The molecule has 0 fully saturated rings. The molecule has 1 heterocycles. The number of fused-ring (bicyclic) bond motifs is 1. The first-order valence-corrected chi connectivity index (χ1v) is 10.7. The lowest BCUT2D eigenvalue weighted by atomic mass is 10.0. The van der Waals surface area contributed by atoms with Gasteiger partial charge in [0.1, 0.15) is 0 Å². The van der Waals surface area contributed by atoms with E-state index < -0.39 is 0 Å². The van der Waals surface area contributed by atoms with E-state index >= 15 is 0 Å². The van der Waals surface area contributed by atoms with Gasteiger partial charge in [-0.3, -0.25) is 9.59 Å². The van der Waals surface area contributed by atoms with E-state index in [-0.39, 0.29) is 17.4 Å². The van der Waals surface area contributed by atoms with Crippen molar-refractivity contribution in [3.8, 4) is 0 Å². The van der Waals surface area contributed by atoms with Gasteiger partial charge in [0.2, 0.25) is 11.7 Å². The van der Waals surface area contributed by atoms with E-state index in [9.17, 15) is 14.7 Å². The number of nitrogens with two attached hydrogens (primary N) is 1. The molecular formula is C25H29N3O3. The van der Waals surface area contributed by atoms with Crippen LogP contribution in [0.4, 0.5) is 5.69 Å². The Hall–Kier alpha value is -3.38. The maximum Gasteiger partial charge on any atom is 0.227 e. The average molecular weight is 420 g/mol. The van der Waals surface area contributed by atoms with Crippen LogP contribution in [0, 0.1) is 0 Å². The summed E-state index contributed by atoms with van der Waals surface area (Å²) in [6.07, 6.45) is 15.7. The monoisotopic (exact) mass is 419 g/mol. The molecule has 4 N–H and O–H groups in total. The maximum atomic E-state index is 12.1. The number of para-hydroxylation sites is 1. The number of rotatable bonds is 9. The molecule has 1 aliphatic carbocycles. The number of hydrogen-bond acceptors (Lipinski definition) is 5. The van der Waals surface area contributed by atoms with Gasteiger partial charge < -0.3 is 21.1 Å². The standard InChI is InChI=1S/C25H29N3O3/c26-16-17-27-24(30)11-2-1-5-18-28-21(14-12-19-7-3-4-9-22(19)28)15-13-20-8-6-10-23(29)25(20)31/h3-4,6-10,12-15,29H,1-2,5,11,16-18,26H2,(H,27,30). The molecule has 0 saturated heterocycles. The maximum absolute atomic E-state index is 12.1. The number of benzene rings is 1. The summed E-state index contributed by atoms with van der Waals surface area (Å²) < 4.78 is 0. The molecule has 1 aromatic rings. The first kappa shape index (κ1) is 22.3. The molecule has 0 aromatic heterocycles. The smallest absolute Gasteiger partial charge is 0.227 e. The molecule has 6 heteroatoms. The number of allylic oxidation sites excluding steroid dienone is 7. The number of nitrogens with one attached hydrogen (secondary N) is 1. The van der Waals surface area contributed by atoms with Gasteiger partial charge in [-0.05, 0) is 48.8 Å². The lowest BCUT2D eigenvalue weighted by Crippen LogP contribution is -2.28. The van der Waals surface area contributed by atoms with Crippen LogP contribution in [0.5, 0.6) is 0 Å². The van der Waals surface area contributed by atoms with Gasteiger partial charge in [0, 0.05) is 43.0 Å². The second-order valence-electron chi connectivity index (χ2n) is 7.45. The molecule has 1 aromatic carbocycles. The summed E-state index contributed by atoms with van der Waals surface area (Å²) in [5.41, 5.74) is 9.08. The van der Waals surface area contributed by atoms with E-state index in [2.05, 4.69) is 28.4 Å². The van der Waals surface area contributed by atoms with Crippen molar-refractivity contribution in [2.45, 2.75) is 25.7 Å². The van der Waals surface area contributed by atoms with Crippen LogP contribution >= 0.6 is 0 Å². The van der Waals surface area contributed by atoms with Crippen molar-refractivity contribution in [3.05, 3.63) is 83.3 Å². The fourth-order valence-corrected chi connectivity index (χ4v) is 3.55. The molecule has 0 radical (unpaired) electrons. The van der Waals surface area contributed by atoms with Crippen LogP contribution in [0.25, 0.3) is 6.08 Å². The topological polar surface area (TPSA) is 95.7 Å². The van der Waals surface area contributed by atoms with Crippen molar-refractivity contribution in [2.24, 2.45) is 5.73 Å². The summed E-state index contributed by atoms with van der Waals surface area (Å²) in [4.78, 5) is 26.0. The third-order valence-corrected chi connectivity index (χ3v) is 5.18. The van der Waals surface area contributed by atoms with Crippen molar-refractivity contribution in [2.75, 3.05) is 24.5 Å². The Morgan fingerprint density at radius 1 is 1.10 bits per heavy atom. The number of carbonyl (C=O) groups is 2. The van der Waals surface area contributed by atoms with E-state index in [1.807, 2.05) is 24.3 Å². The minimum atomic E-state index is -0.376. The first-order chi connectivity index (χ1) is 15.1. The largest absolute Gasteiger partial charge is 0.504 e. The number of unbranched alkanes of at least 4 members (excludes halogenated alkanes) is 2. The number of hydrogen-bond donors (Lipinski definition) is 3. The number of Topliss-reactive ketones (excluding diaryl/α,β-unsaturated/α-hetero) is 1. The Kier molecular flexibility index (Phi) is 8.01. The highest BCUT2D eigenvalue weighted by molar-refractivity contribution is 6.10. The Bertz CT molecular complexity index is 970. The van der Waals surface area contributed by atoms with Crippen LogP contribution in [-0.2, 0) is 9.59 Å². The molecule has 2 aliphatic rings. The molecule has 1 aliphatic heterocycles. The predicted octanol–water partition coefficient (Wildman–Crippen LogP) is 3.55. The summed E-state index contributed by atoms with van der Waals surface area (Å²) in [6, 6.07) is 8.18. The van der Waals surface area contributed by atoms with E-state index in [4.69, 9.17) is 5.73 Å². The summed E-state index contributed by atoms with van der Waals surface area (Å²) in [5, 5.41) is 12.5. The number of carbonyl (C=O) groups excluding carboxylic acids is 2. The summed E-state index contributed by atoms with van der Waals surface area (Å²) in [6.45, 7) is 1.77. The second kappa shape index (κ2) is 11.1. The molecule has 6 nitrogen and oxygen atoms in total. The molecule has 0 bridgehead atoms. The highest BCUT2D eigenvalue weighted by Crippen LogP contribution is 2.31. The van der Waals surface area contributed by atoms with Crippen molar-refractivity contribution in [1.82, 2.24) is 5.32 Å². The lowest BCUT2D eigenvalue weighted by Gasteiger charge is -2.30. The summed E-state index contributed by atoms with van der Waals surface area (Å²) in [5.74, 6) is -0.575. The molecule has 0 saturated carbocycles. The predicted molar refractivity (Wildman–Crippen MR) is 124 cm³/mol. The molecule has 31 heavy (non-hydrogen) atoms. The van der Waals surface area contributed by atoms with E-state index in [1.54, 1.807) is 18.2 Å². The minimum absolute atomic E-state index is 0.0476. The van der Waals surface area contributed by atoms with Crippen molar-refractivity contribution < 1.29 is 14.7 Å². The quantitative estimate of drug-likeness (QED) is 0.420. The third-order valence-electron chi connectivity index (χ3n) is 5.18. The normalized spacial score (nSPS) is 17.8. The molecule has 162 valence electrons. The number of amides is 1. The van der Waals surface area contributed by atoms with Crippen LogP contribution in [0.1, 0.15) is 31.2 Å². The lowest BCUT2D eigenvalue weighted by molar-refractivity contribution is -0.121. The zero-order chi connectivity index (χ0) is 22.1.